The van der Waals surface area contributed by atoms with Crippen molar-refractivity contribution in [3.8, 4) is 0 Å². The number of carboxylic acid groups (broad SMARTS) is 1. The molecule has 2 heterocycles. The van der Waals surface area contributed by atoms with E-state index in [1.165, 1.54) is 20.9 Å². The van der Waals surface area contributed by atoms with Gasteiger partial charge in [0.1, 0.15) is 48.8 Å². The van der Waals surface area contributed by atoms with Gasteiger partial charge < -0.3 is 79.9 Å². The molecule has 0 radical (unpaired) electrons. The molecule has 0 bridgehead atoms. The lowest BCUT2D eigenvalue weighted by atomic mass is 9.43. The zero-order valence-electron chi connectivity index (χ0n) is 48.1. The zero-order valence-corrected chi connectivity index (χ0v) is 48.1. The molecule has 22 nitrogen and oxygen atoms in total. The topological polar surface area (TPSA) is 333 Å². The van der Waals surface area contributed by atoms with E-state index in [-0.39, 0.29) is 103 Å². The Morgan fingerprint density at radius 1 is 0.812 bits per heavy atom. The standard InChI is InChI=1S/C58H97N3O19/c1-28(13-16-44(66)67)36-14-15-37-45-38(26-43(65)58(36,37)6)57(5)18-17-35(24-34(57)25-39(45)64)75-20-19-59-53(72)33-21-29(2)51(80-56-50(71)49(70)47(68)30(3)76-56)40(23-33)78-55-46(60-31(4)63)52(48(69)42(27-62)79-55)77-41(54(73)61(7)74)22-32-11-9-8-10-12-32/h28-30,32-43,45-52,55-56,62,64-65,68-71,74H,8-27H2,1-7H3,(H,59,72)(H,60,63)(H,66,67)/t28-,29-,30+,33?,34+,35-,36-,37+,38+,39-,40-,41+,42+,43+,45+,46?,47?,48+,49+,50+,51-,52?,55-,56?,57+,58-/m1/s1. The number of hydrogen-bond donors (Lipinski definition) is 11. The second-order valence-electron chi connectivity index (χ2n) is 26.3. The predicted molar refractivity (Wildman–Crippen MR) is 285 cm³/mol. The highest BCUT2D eigenvalue weighted by atomic mass is 16.7. The fourth-order valence-corrected chi connectivity index (χ4v) is 16.9. The maximum atomic E-state index is 14.3. The van der Waals surface area contributed by atoms with Gasteiger partial charge in [-0.25, -0.2) is 5.06 Å². The Bertz CT molecular complexity index is 2090. The molecule has 5 unspecified atom stereocenters. The number of nitrogens with zero attached hydrogens (tertiary/aromatic N) is 1. The lowest BCUT2D eigenvalue weighted by molar-refractivity contribution is -0.338. The number of carboxylic acids is 1. The van der Waals surface area contributed by atoms with Gasteiger partial charge in [0.15, 0.2) is 12.6 Å². The van der Waals surface area contributed by atoms with Crippen LogP contribution in [0.2, 0.25) is 0 Å². The minimum atomic E-state index is -1.68. The maximum absolute atomic E-state index is 14.3. The van der Waals surface area contributed by atoms with Crippen molar-refractivity contribution in [2.75, 3.05) is 26.8 Å². The highest BCUT2D eigenvalue weighted by molar-refractivity contribution is 5.80. The molecule has 26 atom stereocenters. The van der Waals surface area contributed by atoms with Crippen LogP contribution in [0, 0.1) is 64.1 Å². The van der Waals surface area contributed by atoms with Gasteiger partial charge in [0.05, 0.1) is 49.8 Å². The van der Waals surface area contributed by atoms with Crippen molar-refractivity contribution in [3.63, 3.8) is 0 Å². The molecule has 8 aliphatic rings. The van der Waals surface area contributed by atoms with Crippen molar-refractivity contribution < 1.29 is 93.7 Å². The zero-order chi connectivity index (χ0) is 58.1. The lowest BCUT2D eigenvalue weighted by Gasteiger charge is -2.63. The molecule has 0 aromatic heterocycles. The van der Waals surface area contributed by atoms with Gasteiger partial charge in [0.25, 0.3) is 5.91 Å². The van der Waals surface area contributed by atoms with Crippen LogP contribution in [0.5, 0.6) is 0 Å². The number of carbonyl (C=O) groups excluding carboxylic acids is 3. The number of hydrogen-bond acceptors (Lipinski definition) is 18. The van der Waals surface area contributed by atoms with Crippen LogP contribution in [0.3, 0.4) is 0 Å². The van der Waals surface area contributed by atoms with Crippen LogP contribution in [-0.2, 0) is 47.6 Å². The van der Waals surface area contributed by atoms with Gasteiger partial charge in [0, 0.05) is 32.9 Å². The molecule has 6 saturated carbocycles. The maximum Gasteiger partial charge on any atom is 0.303 e. The van der Waals surface area contributed by atoms with Gasteiger partial charge in [-0.1, -0.05) is 59.8 Å². The van der Waals surface area contributed by atoms with Gasteiger partial charge in [-0.15, -0.1) is 0 Å². The van der Waals surface area contributed by atoms with Crippen molar-refractivity contribution in [2.24, 2.45) is 64.1 Å². The number of nitrogens with one attached hydrogen (secondary N) is 2. The number of aliphatic hydroxyl groups is 7. The summed E-state index contributed by atoms with van der Waals surface area (Å²) in [6.45, 7) is 10.9. The fraction of sp³-hybridized carbons (Fsp3) is 0.931. The highest BCUT2D eigenvalue weighted by Gasteiger charge is 2.66. The third-order valence-corrected chi connectivity index (χ3v) is 21.4. The molecule has 22 heteroatoms. The Hall–Kier alpha value is -2.68. The molecular weight excluding hydrogens is 1040 g/mol. The molecule has 458 valence electrons. The molecule has 0 spiro atoms. The Balaban J connectivity index is 0.931. The third-order valence-electron chi connectivity index (χ3n) is 21.4. The summed E-state index contributed by atoms with van der Waals surface area (Å²) >= 11 is 0. The van der Waals surface area contributed by atoms with Crippen LogP contribution in [0.1, 0.15) is 151 Å². The van der Waals surface area contributed by atoms with Crippen molar-refractivity contribution in [2.45, 2.75) is 249 Å². The van der Waals surface area contributed by atoms with E-state index in [0.717, 1.165) is 64.2 Å². The van der Waals surface area contributed by atoms with Crippen molar-refractivity contribution in [3.05, 3.63) is 0 Å². The van der Waals surface area contributed by atoms with Gasteiger partial charge in [-0.05, 0) is 136 Å². The van der Waals surface area contributed by atoms with E-state index < -0.39 is 128 Å². The van der Waals surface area contributed by atoms with Gasteiger partial charge >= 0.3 is 5.97 Å². The summed E-state index contributed by atoms with van der Waals surface area (Å²) in [5.74, 6) is -2.68. The van der Waals surface area contributed by atoms with E-state index in [1.54, 1.807) is 0 Å². The minimum Gasteiger partial charge on any atom is -0.481 e. The van der Waals surface area contributed by atoms with Crippen molar-refractivity contribution >= 4 is 23.7 Å². The van der Waals surface area contributed by atoms with E-state index in [4.69, 9.17) is 28.4 Å². The highest BCUT2D eigenvalue weighted by Crippen LogP contribution is 2.68. The molecule has 8 rings (SSSR count). The molecule has 2 aliphatic heterocycles. The number of ether oxygens (including phenoxy) is 6. The predicted octanol–water partition coefficient (Wildman–Crippen LogP) is 2.39. The monoisotopic (exact) mass is 1140 g/mol. The van der Waals surface area contributed by atoms with Crippen molar-refractivity contribution in [1.82, 2.24) is 15.7 Å². The summed E-state index contributed by atoms with van der Waals surface area (Å²) < 4.78 is 38.2. The number of amides is 3. The molecule has 8 fully saturated rings. The Morgan fingerprint density at radius 3 is 2.21 bits per heavy atom. The van der Waals surface area contributed by atoms with Crippen LogP contribution >= 0.6 is 0 Å². The number of fused-ring (bicyclic) bond motifs is 5. The van der Waals surface area contributed by atoms with E-state index in [1.807, 2.05) is 6.92 Å². The van der Waals surface area contributed by atoms with E-state index in [2.05, 4.69) is 31.4 Å². The van der Waals surface area contributed by atoms with Crippen LogP contribution in [0.4, 0.5) is 0 Å². The van der Waals surface area contributed by atoms with Gasteiger partial charge in [-0.2, -0.15) is 0 Å². The summed E-state index contributed by atoms with van der Waals surface area (Å²) in [5.41, 5.74) is -0.486. The molecule has 2 saturated heterocycles. The van der Waals surface area contributed by atoms with E-state index in [9.17, 15) is 65.2 Å². The van der Waals surface area contributed by atoms with Gasteiger partial charge in [-0.3, -0.25) is 24.4 Å². The normalized spacial score (nSPS) is 44.8. The molecule has 11 N–H and O–H groups in total. The summed E-state index contributed by atoms with van der Waals surface area (Å²) in [4.78, 5) is 52.2. The van der Waals surface area contributed by atoms with Crippen LogP contribution in [0.15, 0.2) is 0 Å². The number of aliphatic hydroxyl groups excluding tert-OH is 7. The van der Waals surface area contributed by atoms with Crippen LogP contribution < -0.4 is 10.6 Å². The molecule has 3 amide bonds. The smallest absolute Gasteiger partial charge is 0.303 e. The summed E-state index contributed by atoms with van der Waals surface area (Å²) in [5, 5.41) is 105. The molecule has 80 heavy (non-hydrogen) atoms. The Kier molecular flexibility index (Phi) is 21.1. The first kappa shape index (κ1) is 63.3. The average molecular weight is 1140 g/mol. The molecule has 0 aromatic rings. The number of rotatable bonds is 20. The van der Waals surface area contributed by atoms with Crippen LogP contribution in [-0.4, -0.2) is 200 Å². The summed E-state index contributed by atoms with van der Waals surface area (Å²) in [7, 11) is 1.17. The largest absolute Gasteiger partial charge is 0.481 e. The minimum absolute atomic E-state index is 0.000345. The number of likely N-dealkylation sites (N-methyl/N-ethyl adjacent to an activating group) is 1. The molecule has 6 aliphatic carbocycles. The van der Waals surface area contributed by atoms with E-state index >= 15 is 0 Å². The third kappa shape index (κ3) is 13.4. The Morgan fingerprint density at radius 2 is 1.54 bits per heavy atom. The summed E-state index contributed by atoms with van der Waals surface area (Å²) in [6, 6.07) is -1.32. The van der Waals surface area contributed by atoms with Crippen LogP contribution in [0.25, 0.3) is 0 Å². The number of hydroxylamine groups is 2. The second-order valence-corrected chi connectivity index (χ2v) is 26.3. The average Bonchev–Trinajstić information content (AvgIpc) is 4.01. The number of aliphatic carboxylic acids is 1. The SMILES string of the molecule is CC(=O)NC1C(O[C@@H](CC2CCCCC2)C(=O)N(C)O)[C@@H](O)[C@H](CO)O[C@H]1O[C@@H]1CC(C(=O)NCCO[C@@H]2CC[C@@]3(C)[C@@H](C2)C[C@@H](O)[C@@H]2[C@@H]3C[C@H](O)[C@]3(C)[C@@H]([C@H](C)CCC(=O)O)CC[C@@H]23)C[C@@H](C)[C@H]1OC1O[C@@H](C)C(O)[C@H](O)[C@@H]1O. The first-order valence-electron chi connectivity index (χ1n) is 30.2. The lowest BCUT2D eigenvalue weighted by Crippen LogP contribution is -2.67. The molecular formula is C58H97N3O19. The first-order chi connectivity index (χ1) is 37.9. The second kappa shape index (κ2) is 26.7. The fourth-order valence-electron chi connectivity index (χ4n) is 16.9. The van der Waals surface area contributed by atoms with E-state index in [0.29, 0.717) is 24.3 Å². The number of carbonyl (C=O) groups is 4. The quantitative estimate of drug-likeness (QED) is 0.0474. The van der Waals surface area contributed by atoms with Gasteiger partial charge in [0.2, 0.25) is 11.8 Å². The first-order valence-corrected chi connectivity index (χ1v) is 30.2. The van der Waals surface area contributed by atoms with Crippen molar-refractivity contribution in [1.29, 1.82) is 0 Å². The summed E-state index contributed by atoms with van der Waals surface area (Å²) in [6.07, 6.45) is -6.13. The Labute approximate surface area is 471 Å². The molecule has 0 aromatic carbocycles.